The highest BCUT2D eigenvalue weighted by Gasteiger charge is 2.11. The van der Waals surface area contributed by atoms with Crippen LogP contribution in [0.25, 0.3) is 44.5 Å². The first-order chi connectivity index (χ1) is 16.5. The van der Waals surface area contributed by atoms with Gasteiger partial charge >= 0.3 is 0 Å². The molecule has 0 aliphatic rings. The third-order valence-electron chi connectivity index (χ3n) is 6.43. The SMILES string of the molecule is Cc1cccc(-c2cccc(-c3ccc(C)cc3-c3cccc(-c4cc(C)cc(C)c4)c3)c2)c1. The maximum Gasteiger partial charge on any atom is -0.0103 e. The van der Waals surface area contributed by atoms with E-state index in [1.807, 2.05) is 0 Å². The van der Waals surface area contributed by atoms with Crippen molar-refractivity contribution in [2.45, 2.75) is 27.7 Å². The van der Waals surface area contributed by atoms with E-state index >= 15 is 0 Å². The van der Waals surface area contributed by atoms with Crippen molar-refractivity contribution in [1.29, 1.82) is 0 Å². The number of aryl methyl sites for hydroxylation is 4. The standard InChI is InChI=1S/C34H30/c1-23-8-5-9-27(17-23)28-10-6-12-30(21-28)33-15-14-24(2)20-34(33)31-13-7-11-29(22-31)32-18-25(3)16-26(4)19-32/h5-22H,1-4H3. The largest absolute Gasteiger partial charge is 0.0614 e. The van der Waals surface area contributed by atoms with Crippen LogP contribution in [0.4, 0.5) is 0 Å². The number of rotatable bonds is 4. The molecule has 0 nitrogen and oxygen atoms in total. The Kier molecular flexibility index (Phi) is 5.90. The van der Waals surface area contributed by atoms with Gasteiger partial charge in [-0.1, -0.05) is 119 Å². The molecule has 0 saturated heterocycles. The number of benzene rings is 5. The van der Waals surface area contributed by atoms with Crippen molar-refractivity contribution in [2.75, 3.05) is 0 Å². The van der Waals surface area contributed by atoms with Crippen molar-refractivity contribution in [3.8, 4) is 44.5 Å². The minimum absolute atomic E-state index is 1.24. The van der Waals surface area contributed by atoms with Crippen LogP contribution in [0.1, 0.15) is 22.3 Å². The van der Waals surface area contributed by atoms with Crippen molar-refractivity contribution >= 4 is 0 Å². The van der Waals surface area contributed by atoms with Crippen LogP contribution >= 0.6 is 0 Å². The predicted octanol–water partition coefficient (Wildman–Crippen LogP) is 9.59. The molecule has 0 aliphatic heterocycles. The van der Waals surface area contributed by atoms with Gasteiger partial charge in [-0.15, -0.1) is 0 Å². The topological polar surface area (TPSA) is 0 Å². The van der Waals surface area contributed by atoms with Crippen LogP contribution < -0.4 is 0 Å². The van der Waals surface area contributed by atoms with Crippen LogP contribution in [-0.2, 0) is 0 Å². The lowest BCUT2D eigenvalue weighted by molar-refractivity contribution is 1.38. The molecule has 0 heteroatoms. The molecule has 5 rings (SSSR count). The maximum atomic E-state index is 2.33. The van der Waals surface area contributed by atoms with Crippen LogP contribution in [0, 0.1) is 27.7 Å². The Labute approximate surface area is 203 Å². The van der Waals surface area contributed by atoms with Gasteiger partial charge < -0.3 is 0 Å². The summed E-state index contributed by atoms with van der Waals surface area (Å²) in [7, 11) is 0. The van der Waals surface area contributed by atoms with Crippen LogP contribution in [0.5, 0.6) is 0 Å². The Bertz CT molecular complexity index is 1470. The molecule has 0 radical (unpaired) electrons. The second-order valence-corrected chi connectivity index (χ2v) is 9.46. The molecule has 0 bridgehead atoms. The normalized spacial score (nSPS) is 10.9. The Morgan fingerprint density at radius 2 is 0.765 bits per heavy atom. The van der Waals surface area contributed by atoms with Crippen LogP contribution in [0.2, 0.25) is 0 Å². The molecular weight excluding hydrogens is 408 g/mol. The van der Waals surface area contributed by atoms with E-state index < -0.39 is 0 Å². The van der Waals surface area contributed by atoms with Crippen molar-refractivity contribution in [1.82, 2.24) is 0 Å². The second-order valence-electron chi connectivity index (χ2n) is 9.46. The fourth-order valence-corrected chi connectivity index (χ4v) is 4.85. The lowest BCUT2D eigenvalue weighted by Gasteiger charge is -2.14. The maximum absolute atomic E-state index is 2.33. The molecule has 0 aromatic heterocycles. The zero-order valence-corrected chi connectivity index (χ0v) is 20.4. The van der Waals surface area contributed by atoms with Gasteiger partial charge in [0.1, 0.15) is 0 Å². The minimum Gasteiger partial charge on any atom is -0.0614 e. The van der Waals surface area contributed by atoms with Crippen LogP contribution in [0.15, 0.2) is 109 Å². The first kappa shape index (κ1) is 21.9. The highest BCUT2D eigenvalue weighted by Crippen LogP contribution is 2.36. The smallest absolute Gasteiger partial charge is 0.0103 e. The van der Waals surface area contributed by atoms with Crippen LogP contribution in [-0.4, -0.2) is 0 Å². The summed E-state index contributed by atoms with van der Waals surface area (Å²) in [4.78, 5) is 0. The van der Waals surface area contributed by atoms with E-state index in [1.54, 1.807) is 0 Å². The molecule has 0 amide bonds. The average Bonchev–Trinajstić information content (AvgIpc) is 2.83. The van der Waals surface area contributed by atoms with E-state index in [2.05, 4.69) is 137 Å². The first-order valence-corrected chi connectivity index (χ1v) is 11.9. The summed E-state index contributed by atoms with van der Waals surface area (Å²) < 4.78 is 0. The fraction of sp³-hybridized carbons (Fsp3) is 0.118. The molecular formula is C34H30. The van der Waals surface area contributed by atoms with Gasteiger partial charge in [0.05, 0.1) is 0 Å². The Hall–Kier alpha value is -3.90. The van der Waals surface area contributed by atoms with E-state index in [9.17, 15) is 0 Å². The molecule has 0 aliphatic carbocycles. The number of hydrogen-bond donors (Lipinski definition) is 0. The number of hydrogen-bond acceptors (Lipinski definition) is 0. The Morgan fingerprint density at radius 1 is 0.294 bits per heavy atom. The van der Waals surface area contributed by atoms with Gasteiger partial charge in [0.2, 0.25) is 0 Å². The second kappa shape index (κ2) is 9.15. The molecule has 0 spiro atoms. The molecule has 0 heterocycles. The highest BCUT2D eigenvalue weighted by molar-refractivity contribution is 5.87. The quantitative estimate of drug-likeness (QED) is 0.262. The monoisotopic (exact) mass is 438 g/mol. The molecule has 0 unspecified atom stereocenters. The zero-order valence-electron chi connectivity index (χ0n) is 20.4. The van der Waals surface area contributed by atoms with Gasteiger partial charge in [0, 0.05) is 0 Å². The molecule has 0 atom stereocenters. The van der Waals surface area contributed by atoms with Crippen molar-refractivity contribution < 1.29 is 0 Å². The van der Waals surface area contributed by atoms with E-state index in [-0.39, 0.29) is 0 Å². The third-order valence-corrected chi connectivity index (χ3v) is 6.43. The van der Waals surface area contributed by atoms with Gasteiger partial charge in [-0.25, -0.2) is 0 Å². The lowest BCUT2D eigenvalue weighted by atomic mass is 9.90. The Balaban J connectivity index is 1.62. The summed E-state index contributed by atoms with van der Waals surface area (Å²) in [6.45, 7) is 8.65. The minimum atomic E-state index is 1.24. The van der Waals surface area contributed by atoms with Crippen molar-refractivity contribution in [3.63, 3.8) is 0 Å². The zero-order chi connectivity index (χ0) is 23.7. The molecule has 5 aromatic rings. The predicted molar refractivity (Wildman–Crippen MR) is 147 cm³/mol. The fourth-order valence-electron chi connectivity index (χ4n) is 4.85. The lowest BCUT2D eigenvalue weighted by Crippen LogP contribution is -1.89. The highest BCUT2D eigenvalue weighted by atomic mass is 14.1. The van der Waals surface area contributed by atoms with Crippen molar-refractivity contribution in [2.24, 2.45) is 0 Å². The van der Waals surface area contributed by atoms with E-state index in [4.69, 9.17) is 0 Å². The first-order valence-electron chi connectivity index (χ1n) is 11.9. The molecule has 34 heavy (non-hydrogen) atoms. The summed E-state index contributed by atoms with van der Waals surface area (Å²) >= 11 is 0. The van der Waals surface area contributed by atoms with Gasteiger partial charge in [0.25, 0.3) is 0 Å². The van der Waals surface area contributed by atoms with E-state index in [0.717, 1.165) is 0 Å². The molecule has 5 aromatic carbocycles. The molecule has 166 valence electrons. The van der Waals surface area contributed by atoms with Crippen molar-refractivity contribution in [3.05, 3.63) is 131 Å². The average molecular weight is 439 g/mol. The summed E-state index contributed by atoms with van der Waals surface area (Å²) in [6, 6.07) is 40.2. The molecule has 0 saturated carbocycles. The summed E-state index contributed by atoms with van der Waals surface area (Å²) in [6.07, 6.45) is 0. The Morgan fingerprint density at radius 3 is 1.41 bits per heavy atom. The van der Waals surface area contributed by atoms with Gasteiger partial charge in [-0.2, -0.15) is 0 Å². The van der Waals surface area contributed by atoms with Crippen LogP contribution in [0.3, 0.4) is 0 Å². The van der Waals surface area contributed by atoms with Gasteiger partial charge in [0.15, 0.2) is 0 Å². The molecule has 0 fully saturated rings. The van der Waals surface area contributed by atoms with Gasteiger partial charge in [-0.3, -0.25) is 0 Å². The van der Waals surface area contributed by atoms with E-state index in [1.165, 1.54) is 66.8 Å². The summed E-state index contributed by atoms with van der Waals surface area (Å²) in [5.74, 6) is 0. The molecule has 0 N–H and O–H groups in total. The summed E-state index contributed by atoms with van der Waals surface area (Å²) in [5.41, 5.74) is 15.2. The van der Waals surface area contributed by atoms with Gasteiger partial charge in [-0.05, 0) is 84.3 Å². The summed E-state index contributed by atoms with van der Waals surface area (Å²) in [5, 5.41) is 0. The van der Waals surface area contributed by atoms with E-state index in [0.29, 0.717) is 0 Å². The third kappa shape index (κ3) is 4.58.